The number of carbonyl (C=O) groups is 1. The predicted octanol–water partition coefficient (Wildman–Crippen LogP) is 2.31. The number of ether oxygens (including phenoxy) is 3. The van der Waals surface area contributed by atoms with Gasteiger partial charge in [-0.25, -0.2) is 0 Å². The highest BCUT2D eigenvalue weighted by Crippen LogP contribution is 2.38. The fraction of sp³-hybridized carbons (Fsp3) is 0.474. The number of amides is 1. The topological polar surface area (TPSA) is 80.9 Å². The third-order valence-electron chi connectivity index (χ3n) is 3.67. The summed E-state index contributed by atoms with van der Waals surface area (Å²) in [6.45, 7) is 4.16. The summed E-state index contributed by atoms with van der Waals surface area (Å²) in [6, 6.07) is 3.54. The average Bonchev–Trinajstić information content (AvgIpc) is 2.64. The maximum atomic E-state index is 12.3. The molecule has 0 radical (unpaired) electrons. The van der Waals surface area contributed by atoms with Crippen LogP contribution in [0, 0.1) is 5.92 Å². The summed E-state index contributed by atoms with van der Waals surface area (Å²) >= 11 is 5.13. The SMILES string of the molecule is CNC(=S)NC(CC(C)C)NC(=O)C=Cc1cc(OC)c(OC)c(OC)c1. The molecule has 1 aromatic rings. The van der Waals surface area contributed by atoms with Crippen LogP contribution in [0.1, 0.15) is 25.8 Å². The highest BCUT2D eigenvalue weighted by molar-refractivity contribution is 7.80. The van der Waals surface area contributed by atoms with E-state index in [1.807, 2.05) is 0 Å². The standard InChI is InChI=1S/C19H29N3O4S/c1-12(2)9-16(22-19(27)20-3)21-17(23)8-7-13-10-14(24-4)18(26-6)15(11-13)25-5/h7-8,10-12,16H,9H2,1-6H3,(H,21,23)(H2,20,22,27). The third kappa shape index (κ3) is 7.34. The molecule has 0 aliphatic heterocycles. The molecular weight excluding hydrogens is 366 g/mol. The van der Waals surface area contributed by atoms with Gasteiger partial charge in [0.15, 0.2) is 16.6 Å². The minimum atomic E-state index is -0.262. The molecule has 0 aliphatic carbocycles. The van der Waals surface area contributed by atoms with Crippen molar-refractivity contribution in [1.82, 2.24) is 16.0 Å². The van der Waals surface area contributed by atoms with Crippen LogP contribution in [-0.4, -0.2) is 45.6 Å². The first kappa shape index (κ1) is 22.6. The van der Waals surface area contributed by atoms with E-state index in [-0.39, 0.29) is 12.1 Å². The number of nitrogens with one attached hydrogen (secondary N) is 3. The molecular formula is C19H29N3O4S. The summed E-state index contributed by atoms with van der Waals surface area (Å²) < 4.78 is 15.9. The minimum Gasteiger partial charge on any atom is -0.493 e. The molecule has 1 amide bonds. The summed E-state index contributed by atoms with van der Waals surface area (Å²) in [5.41, 5.74) is 0.749. The third-order valence-corrected chi connectivity index (χ3v) is 3.99. The zero-order valence-corrected chi connectivity index (χ0v) is 17.5. The van der Waals surface area contributed by atoms with Crippen molar-refractivity contribution in [2.45, 2.75) is 26.4 Å². The molecule has 8 heteroatoms. The Bertz CT molecular complexity index is 652. The molecule has 0 aliphatic rings. The second-order valence-electron chi connectivity index (χ2n) is 6.21. The van der Waals surface area contributed by atoms with E-state index in [0.29, 0.717) is 28.3 Å². The molecule has 27 heavy (non-hydrogen) atoms. The van der Waals surface area contributed by atoms with Crippen LogP contribution in [-0.2, 0) is 4.79 Å². The smallest absolute Gasteiger partial charge is 0.245 e. The summed E-state index contributed by atoms with van der Waals surface area (Å²) in [7, 11) is 6.36. The highest BCUT2D eigenvalue weighted by atomic mass is 32.1. The van der Waals surface area contributed by atoms with Gasteiger partial charge in [-0.15, -0.1) is 0 Å². The summed E-state index contributed by atoms with van der Waals surface area (Å²) in [6.07, 6.45) is 3.62. The van der Waals surface area contributed by atoms with Crippen molar-refractivity contribution < 1.29 is 19.0 Å². The van der Waals surface area contributed by atoms with Gasteiger partial charge in [-0.3, -0.25) is 4.79 Å². The molecule has 0 heterocycles. The molecule has 0 fully saturated rings. The van der Waals surface area contributed by atoms with E-state index in [4.69, 9.17) is 26.4 Å². The number of rotatable bonds is 9. The van der Waals surface area contributed by atoms with Gasteiger partial charge in [-0.2, -0.15) is 0 Å². The number of hydrogen-bond acceptors (Lipinski definition) is 5. The fourth-order valence-corrected chi connectivity index (χ4v) is 2.59. The first-order chi connectivity index (χ1) is 12.8. The van der Waals surface area contributed by atoms with Gasteiger partial charge in [0, 0.05) is 13.1 Å². The fourth-order valence-electron chi connectivity index (χ4n) is 2.45. The number of methoxy groups -OCH3 is 3. The van der Waals surface area contributed by atoms with Crippen LogP contribution in [0.2, 0.25) is 0 Å². The van der Waals surface area contributed by atoms with Gasteiger partial charge < -0.3 is 30.2 Å². The second kappa shape index (κ2) is 11.3. The summed E-state index contributed by atoms with van der Waals surface area (Å²) in [5.74, 6) is 1.71. The lowest BCUT2D eigenvalue weighted by Gasteiger charge is -2.22. The first-order valence-corrected chi connectivity index (χ1v) is 9.02. The van der Waals surface area contributed by atoms with E-state index in [0.717, 1.165) is 12.0 Å². The Morgan fingerprint density at radius 3 is 2.15 bits per heavy atom. The highest BCUT2D eigenvalue weighted by Gasteiger charge is 2.14. The van der Waals surface area contributed by atoms with Crippen molar-refractivity contribution in [1.29, 1.82) is 0 Å². The van der Waals surface area contributed by atoms with Gasteiger partial charge in [-0.1, -0.05) is 13.8 Å². The van der Waals surface area contributed by atoms with Crippen molar-refractivity contribution in [3.8, 4) is 17.2 Å². The van der Waals surface area contributed by atoms with Crippen LogP contribution < -0.4 is 30.2 Å². The lowest BCUT2D eigenvalue weighted by Crippen LogP contribution is -2.50. The number of thiocarbonyl (C=S) groups is 1. The van der Waals surface area contributed by atoms with Gasteiger partial charge in [0.2, 0.25) is 11.7 Å². The second-order valence-corrected chi connectivity index (χ2v) is 6.61. The summed E-state index contributed by atoms with van der Waals surface area (Å²) in [4.78, 5) is 12.3. The quantitative estimate of drug-likeness (QED) is 0.336. The predicted molar refractivity (Wildman–Crippen MR) is 111 cm³/mol. The van der Waals surface area contributed by atoms with Crippen LogP contribution in [0.25, 0.3) is 6.08 Å². The summed E-state index contributed by atoms with van der Waals surface area (Å²) in [5, 5.41) is 9.32. The first-order valence-electron chi connectivity index (χ1n) is 8.61. The molecule has 150 valence electrons. The average molecular weight is 396 g/mol. The van der Waals surface area contributed by atoms with E-state index in [9.17, 15) is 4.79 Å². The van der Waals surface area contributed by atoms with Crippen molar-refractivity contribution in [2.75, 3.05) is 28.4 Å². The number of carbonyl (C=O) groups excluding carboxylic acids is 1. The maximum absolute atomic E-state index is 12.3. The molecule has 7 nitrogen and oxygen atoms in total. The Hall–Kier alpha value is -2.48. The van der Waals surface area contributed by atoms with Gasteiger partial charge in [0.1, 0.15) is 6.17 Å². The molecule has 0 bridgehead atoms. The zero-order chi connectivity index (χ0) is 20.4. The van der Waals surface area contributed by atoms with Crippen LogP contribution in [0.15, 0.2) is 18.2 Å². The molecule has 0 saturated carbocycles. The van der Waals surface area contributed by atoms with E-state index < -0.39 is 0 Å². The normalized spacial score (nSPS) is 11.8. The van der Waals surface area contributed by atoms with Gasteiger partial charge in [-0.05, 0) is 48.3 Å². The van der Waals surface area contributed by atoms with E-state index in [1.54, 1.807) is 46.6 Å². The van der Waals surface area contributed by atoms with Gasteiger partial charge in [0.25, 0.3) is 0 Å². The van der Waals surface area contributed by atoms with Crippen molar-refractivity contribution in [3.05, 3.63) is 23.8 Å². The molecule has 1 aromatic carbocycles. The van der Waals surface area contributed by atoms with Crippen LogP contribution in [0.3, 0.4) is 0 Å². The van der Waals surface area contributed by atoms with E-state index >= 15 is 0 Å². The molecule has 0 saturated heterocycles. The van der Waals surface area contributed by atoms with Crippen LogP contribution in [0.4, 0.5) is 0 Å². The van der Waals surface area contributed by atoms with Gasteiger partial charge in [0.05, 0.1) is 21.3 Å². The molecule has 0 spiro atoms. The minimum absolute atomic E-state index is 0.235. The Morgan fingerprint density at radius 2 is 1.70 bits per heavy atom. The largest absolute Gasteiger partial charge is 0.493 e. The Morgan fingerprint density at radius 1 is 1.11 bits per heavy atom. The van der Waals surface area contributed by atoms with Gasteiger partial charge >= 0.3 is 0 Å². The van der Waals surface area contributed by atoms with Crippen molar-refractivity contribution in [2.24, 2.45) is 5.92 Å². The van der Waals surface area contributed by atoms with Crippen molar-refractivity contribution in [3.63, 3.8) is 0 Å². The van der Waals surface area contributed by atoms with E-state index in [2.05, 4.69) is 29.8 Å². The van der Waals surface area contributed by atoms with Crippen molar-refractivity contribution >= 4 is 29.3 Å². The Labute approximate surface area is 166 Å². The molecule has 1 rings (SSSR count). The number of benzene rings is 1. The maximum Gasteiger partial charge on any atom is 0.245 e. The Kier molecular flexibility index (Phi) is 9.42. The molecule has 1 atom stereocenters. The van der Waals surface area contributed by atoms with Crippen LogP contribution in [0.5, 0.6) is 17.2 Å². The molecule has 1 unspecified atom stereocenters. The number of hydrogen-bond donors (Lipinski definition) is 3. The molecule has 3 N–H and O–H groups in total. The van der Waals surface area contributed by atoms with Crippen LogP contribution >= 0.6 is 12.2 Å². The lowest BCUT2D eigenvalue weighted by molar-refractivity contribution is -0.117. The zero-order valence-electron chi connectivity index (χ0n) is 16.7. The Balaban J connectivity index is 2.90. The molecule has 0 aromatic heterocycles. The van der Waals surface area contributed by atoms with E-state index in [1.165, 1.54) is 6.08 Å². The lowest BCUT2D eigenvalue weighted by atomic mass is 10.1. The monoisotopic (exact) mass is 395 g/mol.